The molecule has 4 aromatic rings. The lowest BCUT2D eigenvalue weighted by Gasteiger charge is -2.20. The van der Waals surface area contributed by atoms with Gasteiger partial charge in [0.25, 0.3) is 5.56 Å². The van der Waals surface area contributed by atoms with Gasteiger partial charge in [-0.3, -0.25) is 9.36 Å². The van der Waals surface area contributed by atoms with E-state index in [1.807, 2.05) is 59.2 Å². The first-order valence-electron chi connectivity index (χ1n) is 10.4. The molecule has 0 spiro atoms. The van der Waals surface area contributed by atoms with E-state index in [0.29, 0.717) is 6.61 Å². The molecule has 30 heavy (non-hydrogen) atoms. The smallest absolute Gasteiger partial charge is 0.251 e. The minimum absolute atomic E-state index is 0.0275. The Morgan fingerprint density at radius 3 is 2.60 bits per heavy atom. The van der Waals surface area contributed by atoms with Crippen LogP contribution in [0.15, 0.2) is 89.7 Å². The Bertz CT molecular complexity index is 1300. The van der Waals surface area contributed by atoms with Crippen molar-refractivity contribution in [2.45, 2.75) is 26.0 Å². The van der Waals surface area contributed by atoms with E-state index in [1.54, 1.807) is 6.07 Å². The fraction of sp³-hybridized carbons (Fsp3) is 0.148. The summed E-state index contributed by atoms with van der Waals surface area (Å²) in [5.41, 5.74) is 5.54. The molecule has 0 amide bonds. The van der Waals surface area contributed by atoms with Crippen molar-refractivity contribution in [3.63, 3.8) is 0 Å². The Labute approximate surface area is 175 Å². The predicted molar refractivity (Wildman–Crippen MR) is 122 cm³/mol. The molecule has 0 bridgehead atoms. The summed E-state index contributed by atoms with van der Waals surface area (Å²) in [5.74, 6) is 0.723. The van der Waals surface area contributed by atoms with Crippen LogP contribution in [0.4, 0.5) is 0 Å². The number of pyridine rings is 1. The van der Waals surface area contributed by atoms with Crippen molar-refractivity contribution in [1.29, 1.82) is 0 Å². The van der Waals surface area contributed by atoms with E-state index in [2.05, 4.69) is 37.3 Å². The fourth-order valence-electron chi connectivity index (χ4n) is 4.19. The highest BCUT2D eigenvalue weighted by molar-refractivity contribution is 5.85. The van der Waals surface area contributed by atoms with E-state index in [4.69, 9.17) is 4.74 Å². The molecule has 1 unspecified atom stereocenters. The van der Waals surface area contributed by atoms with Crippen LogP contribution in [0.5, 0.6) is 5.75 Å². The van der Waals surface area contributed by atoms with Crippen molar-refractivity contribution >= 4 is 17.0 Å². The Morgan fingerprint density at radius 2 is 1.77 bits per heavy atom. The van der Waals surface area contributed by atoms with Crippen LogP contribution in [0.1, 0.15) is 35.2 Å². The molecule has 0 saturated heterocycles. The lowest BCUT2D eigenvalue weighted by molar-refractivity contribution is 0.308. The van der Waals surface area contributed by atoms with Gasteiger partial charge in [0.15, 0.2) is 0 Å². The second-order valence-corrected chi connectivity index (χ2v) is 7.63. The average Bonchev–Trinajstić information content (AvgIpc) is 3.21. The summed E-state index contributed by atoms with van der Waals surface area (Å²) in [4.78, 5) is 13.1. The molecule has 1 aliphatic rings. The molecule has 5 rings (SSSR count). The van der Waals surface area contributed by atoms with Gasteiger partial charge in [0.1, 0.15) is 12.4 Å². The third kappa shape index (κ3) is 3.22. The lowest BCUT2D eigenvalue weighted by Crippen LogP contribution is -2.24. The molecular formula is C27H23NO2. The van der Waals surface area contributed by atoms with Crippen molar-refractivity contribution in [2.75, 3.05) is 0 Å². The van der Waals surface area contributed by atoms with Crippen LogP contribution >= 0.6 is 0 Å². The summed E-state index contributed by atoms with van der Waals surface area (Å²) < 4.78 is 8.07. The number of ether oxygens (including phenoxy) is 1. The quantitative estimate of drug-likeness (QED) is 0.432. The first-order valence-corrected chi connectivity index (χ1v) is 10.4. The molecule has 1 aliphatic carbocycles. The van der Waals surface area contributed by atoms with Crippen LogP contribution in [0, 0.1) is 0 Å². The van der Waals surface area contributed by atoms with Crippen molar-refractivity contribution in [2.24, 2.45) is 0 Å². The van der Waals surface area contributed by atoms with Crippen LogP contribution in [0.25, 0.3) is 17.0 Å². The van der Waals surface area contributed by atoms with E-state index >= 15 is 0 Å². The second-order valence-electron chi connectivity index (χ2n) is 7.63. The average molecular weight is 393 g/mol. The number of aryl methyl sites for hydroxylation is 1. The van der Waals surface area contributed by atoms with Crippen LogP contribution in [0.2, 0.25) is 0 Å². The zero-order valence-corrected chi connectivity index (χ0v) is 16.9. The molecule has 0 N–H and O–H groups in total. The first-order chi connectivity index (χ1) is 14.7. The Balaban J connectivity index is 1.62. The van der Waals surface area contributed by atoms with Crippen molar-refractivity contribution in [3.05, 3.63) is 118 Å². The molecule has 1 heterocycles. The number of allylic oxidation sites excluding steroid dienone is 1. The number of nitrogens with zero attached hydrogens (tertiary/aromatic N) is 1. The van der Waals surface area contributed by atoms with E-state index in [0.717, 1.165) is 34.2 Å². The van der Waals surface area contributed by atoms with Crippen molar-refractivity contribution in [3.8, 4) is 5.75 Å². The van der Waals surface area contributed by atoms with Crippen molar-refractivity contribution in [1.82, 2.24) is 4.57 Å². The fourth-order valence-corrected chi connectivity index (χ4v) is 4.19. The molecule has 0 aliphatic heterocycles. The maximum atomic E-state index is 13.1. The summed E-state index contributed by atoms with van der Waals surface area (Å²) in [6.07, 6.45) is 5.23. The summed E-state index contributed by atoms with van der Waals surface area (Å²) in [5, 5.41) is 0.993. The summed E-state index contributed by atoms with van der Waals surface area (Å²) >= 11 is 0. The number of aromatic nitrogens is 1. The minimum atomic E-state index is -0.136. The van der Waals surface area contributed by atoms with E-state index in [1.165, 1.54) is 11.1 Å². The van der Waals surface area contributed by atoms with Gasteiger partial charge in [0.2, 0.25) is 0 Å². The number of para-hydroxylation sites is 1. The molecule has 1 aromatic heterocycles. The zero-order valence-electron chi connectivity index (χ0n) is 16.9. The predicted octanol–water partition coefficient (Wildman–Crippen LogP) is 5.76. The van der Waals surface area contributed by atoms with E-state index < -0.39 is 0 Å². The van der Waals surface area contributed by atoms with Gasteiger partial charge in [0, 0.05) is 11.5 Å². The number of fused-ring (bicyclic) bond motifs is 2. The maximum absolute atomic E-state index is 13.1. The van der Waals surface area contributed by atoms with Crippen LogP contribution in [-0.2, 0) is 13.0 Å². The standard InChI is InChI=1S/C27H23NO2/c1-2-19-11-14-23-22(17-19)12-15-24(23)28-26(29)16-13-21-9-6-10-25(27(21)28)30-18-20-7-4-3-5-8-20/h3-17,24H,2,18H2,1H3. The van der Waals surface area contributed by atoms with Crippen LogP contribution in [0.3, 0.4) is 0 Å². The Kier molecular flexibility index (Phi) is 4.72. The molecule has 3 nitrogen and oxygen atoms in total. The normalized spacial score (nSPS) is 14.8. The maximum Gasteiger partial charge on any atom is 0.251 e. The SMILES string of the molecule is CCc1ccc2c(c1)C=CC2n1c(=O)ccc2cccc(OCc3ccccc3)c21. The molecule has 1 atom stereocenters. The highest BCUT2D eigenvalue weighted by Gasteiger charge is 2.23. The molecule has 0 saturated carbocycles. The third-order valence-electron chi connectivity index (χ3n) is 5.77. The Morgan fingerprint density at radius 1 is 0.900 bits per heavy atom. The first kappa shape index (κ1) is 18.4. The number of benzene rings is 3. The van der Waals surface area contributed by atoms with Gasteiger partial charge in [-0.15, -0.1) is 0 Å². The van der Waals surface area contributed by atoms with Crippen LogP contribution < -0.4 is 10.3 Å². The van der Waals surface area contributed by atoms with E-state index in [-0.39, 0.29) is 11.6 Å². The molecule has 3 heteroatoms. The third-order valence-corrected chi connectivity index (χ3v) is 5.77. The van der Waals surface area contributed by atoms with Gasteiger partial charge in [0.05, 0.1) is 11.6 Å². The van der Waals surface area contributed by atoms with Gasteiger partial charge >= 0.3 is 0 Å². The molecular weight excluding hydrogens is 370 g/mol. The zero-order chi connectivity index (χ0) is 20.5. The molecule has 148 valence electrons. The van der Waals surface area contributed by atoms with Crippen LogP contribution in [-0.4, -0.2) is 4.57 Å². The molecule has 0 fully saturated rings. The molecule has 3 aromatic carbocycles. The molecule has 0 radical (unpaired) electrons. The largest absolute Gasteiger partial charge is 0.487 e. The number of hydrogen-bond donors (Lipinski definition) is 0. The second kappa shape index (κ2) is 7.68. The van der Waals surface area contributed by atoms with Gasteiger partial charge in [-0.2, -0.15) is 0 Å². The number of rotatable bonds is 5. The Hall–Kier alpha value is -3.59. The summed E-state index contributed by atoms with van der Waals surface area (Å²) in [7, 11) is 0. The summed E-state index contributed by atoms with van der Waals surface area (Å²) in [6, 6.07) is 25.9. The minimum Gasteiger partial charge on any atom is -0.487 e. The van der Waals surface area contributed by atoms with Gasteiger partial charge in [-0.05, 0) is 40.8 Å². The van der Waals surface area contributed by atoms with Gasteiger partial charge < -0.3 is 4.74 Å². The van der Waals surface area contributed by atoms with E-state index in [9.17, 15) is 4.79 Å². The van der Waals surface area contributed by atoms with Gasteiger partial charge in [-0.1, -0.05) is 79.7 Å². The topological polar surface area (TPSA) is 31.2 Å². The summed E-state index contributed by atoms with van der Waals surface area (Å²) in [6.45, 7) is 2.61. The van der Waals surface area contributed by atoms with Crippen molar-refractivity contribution < 1.29 is 4.74 Å². The van der Waals surface area contributed by atoms with Gasteiger partial charge in [-0.25, -0.2) is 0 Å². The monoisotopic (exact) mass is 393 g/mol. The lowest BCUT2D eigenvalue weighted by atomic mass is 10.0. The highest BCUT2D eigenvalue weighted by Crippen LogP contribution is 2.35. The number of hydrogen-bond acceptors (Lipinski definition) is 2. The highest BCUT2D eigenvalue weighted by atomic mass is 16.5.